The summed E-state index contributed by atoms with van der Waals surface area (Å²) < 4.78 is 0. The van der Waals surface area contributed by atoms with Gasteiger partial charge in [0, 0.05) is 18.4 Å². The maximum absolute atomic E-state index is 11.9. The molecule has 0 bridgehead atoms. The summed E-state index contributed by atoms with van der Waals surface area (Å²) in [6, 6.07) is 9.42. The number of aromatic nitrogens is 1. The molecular weight excluding hydrogens is 268 g/mol. The van der Waals surface area contributed by atoms with E-state index in [9.17, 15) is 9.59 Å². The van der Waals surface area contributed by atoms with Crippen molar-refractivity contribution in [2.24, 2.45) is 0 Å². The summed E-state index contributed by atoms with van der Waals surface area (Å²) in [6.07, 6.45) is 3.82. The van der Waals surface area contributed by atoms with Gasteiger partial charge in [-0.3, -0.25) is 9.59 Å². The minimum atomic E-state index is -0.734. The second-order valence-corrected chi connectivity index (χ2v) is 5.08. The predicted molar refractivity (Wildman–Crippen MR) is 83.8 cm³/mol. The van der Waals surface area contributed by atoms with Gasteiger partial charge in [0.1, 0.15) is 5.82 Å². The number of carbonyl (C=O) groups is 1. The molecule has 0 aliphatic heterocycles. The molecule has 0 fully saturated rings. The van der Waals surface area contributed by atoms with Gasteiger partial charge in [-0.15, -0.1) is 0 Å². The average Bonchev–Trinajstić information content (AvgIpc) is 2.46. The number of benzene rings is 1. The van der Waals surface area contributed by atoms with Gasteiger partial charge in [0.15, 0.2) is 0 Å². The number of rotatable bonds is 8. The van der Waals surface area contributed by atoms with Crippen LogP contribution < -0.4 is 10.9 Å². The van der Waals surface area contributed by atoms with Crippen molar-refractivity contribution >= 4 is 22.6 Å². The molecule has 5 nitrogen and oxygen atoms in total. The van der Waals surface area contributed by atoms with Crippen molar-refractivity contribution in [3.05, 3.63) is 40.7 Å². The highest BCUT2D eigenvalue weighted by molar-refractivity contribution is 5.83. The highest BCUT2D eigenvalue weighted by Gasteiger charge is 2.01. The van der Waals surface area contributed by atoms with Crippen LogP contribution in [-0.2, 0) is 4.79 Å². The summed E-state index contributed by atoms with van der Waals surface area (Å²) >= 11 is 0. The number of carboxylic acid groups (broad SMARTS) is 1. The number of aromatic amines is 1. The molecule has 21 heavy (non-hydrogen) atoms. The molecule has 0 unspecified atom stereocenters. The number of carboxylic acids is 1. The average molecular weight is 288 g/mol. The van der Waals surface area contributed by atoms with Crippen molar-refractivity contribution in [2.45, 2.75) is 32.1 Å². The second-order valence-electron chi connectivity index (χ2n) is 5.08. The van der Waals surface area contributed by atoms with Crippen molar-refractivity contribution < 1.29 is 9.90 Å². The minimum absolute atomic E-state index is 0.0861. The van der Waals surface area contributed by atoms with E-state index in [0.717, 1.165) is 43.4 Å². The number of H-pyrrole nitrogens is 1. The Hall–Kier alpha value is -2.30. The first-order valence-electron chi connectivity index (χ1n) is 7.24. The van der Waals surface area contributed by atoms with Crippen LogP contribution in [0.15, 0.2) is 35.1 Å². The molecule has 0 saturated heterocycles. The molecule has 2 aromatic rings. The SMILES string of the molecule is O=C(O)CCCCCCNc1cc2ccccc2c(=O)[nH]1. The normalized spacial score (nSPS) is 10.7. The van der Waals surface area contributed by atoms with Gasteiger partial charge in [-0.25, -0.2) is 0 Å². The second kappa shape index (κ2) is 7.47. The van der Waals surface area contributed by atoms with Crippen molar-refractivity contribution in [1.82, 2.24) is 4.98 Å². The zero-order chi connectivity index (χ0) is 15.1. The smallest absolute Gasteiger partial charge is 0.303 e. The molecule has 2 rings (SSSR count). The molecule has 0 aliphatic carbocycles. The molecule has 0 atom stereocenters. The number of hydrogen-bond donors (Lipinski definition) is 3. The molecule has 112 valence electrons. The van der Waals surface area contributed by atoms with Gasteiger partial charge in [-0.1, -0.05) is 31.0 Å². The van der Waals surface area contributed by atoms with Crippen molar-refractivity contribution in [3.63, 3.8) is 0 Å². The minimum Gasteiger partial charge on any atom is -0.481 e. The Bertz CT molecular complexity index is 664. The lowest BCUT2D eigenvalue weighted by Crippen LogP contribution is -2.11. The van der Waals surface area contributed by atoms with Crippen LogP contribution >= 0.6 is 0 Å². The summed E-state index contributed by atoms with van der Waals surface area (Å²) in [6.45, 7) is 0.765. The van der Waals surface area contributed by atoms with Crippen LogP contribution in [-0.4, -0.2) is 22.6 Å². The van der Waals surface area contributed by atoms with E-state index in [1.54, 1.807) is 6.07 Å². The van der Waals surface area contributed by atoms with Crippen LogP contribution in [0.3, 0.4) is 0 Å². The predicted octanol–water partition coefficient (Wildman–Crippen LogP) is 2.98. The Morgan fingerprint density at radius 3 is 2.71 bits per heavy atom. The Balaban J connectivity index is 1.79. The van der Waals surface area contributed by atoms with Gasteiger partial charge in [0.05, 0.1) is 0 Å². The summed E-state index contributed by atoms with van der Waals surface area (Å²) in [4.78, 5) is 25.1. The first kappa shape index (κ1) is 15.1. The molecule has 3 N–H and O–H groups in total. The summed E-state index contributed by atoms with van der Waals surface area (Å²) in [5, 5.41) is 13.3. The molecule has 5 heteroatoms. The maximum atomic E-state index is 11.9. The Morgan fingerprint density at radius 1 is 1.14 bits per heavy atom. The monoisotopic (exact) mass is 288 g/mol. The molecule has 1 aromatic carbocycles. The molecular formula is C16H20N2O3. The number of nitrogens with one attached hydrogen (secondary N) is 2. The first-order chi connectivity index (χ1) is 10.2. The van der Waals surface area contributed by atoms with Gasteiger partial charge < -0.3 is 15.4 Å². The largest absolute Gasteiger partial charge is 0.481 e. The van der Waals surface area contributed by atoms with E-state index >= 15 is 0 Å². The third-order valence-electron chi connectivity index (χ3n) is 3.39. The Labute approximate surface area is 123 Å². The highest BCUT2D eigenvalue weighted by Crippen LogP contribution is 2.13. The fourth-order valence-electron chi connectivity index (χ4n) is 2.28. The van der Waals surface area contributed by atoms with Crippen LogP contribution in [0, 0.1) is 0 Å². The molecule has 1 aromatic heterocycles. The Kier molecular flexibility index (Phi) is 5.37. The third-order valence-corrected chi connectivity index (χ3v) is 3.39. The first-order valence-corrected chi connectivity index (χ1v) is 7.24. The number of fused-ring (bicyclic) bond motifs is 1. The van der Waals surface area contributed by atoms with E-state index in [2.05, 4.69) is 10.3 Å². The van der Waals surface area contributed by atoms with Gasteiger partial charge in [-0.05, 0) is 30.4 Å². The van der Waals surface area contributed by atoms with E-state index < -0.39 is 5.97 Å². The number of aliphatic carboxylic acids is 1. The molecule has 0 saturated carbocycles. The third kappa shape index (κ3) is 4.63. The van der Waals surface area contributed by atoms with Crippen LogP contribution in [0.5, 0.6) is 0 Å². The van der Waals surface area contributed by atoms with Crippen LogP contribution in [0.1, 0.15) is 32.1 Å². The van der Waals surface area contributed by atoms with Gasteiger partial charge in [-0.2, -0.15) is 0 Å². The maximum Gasteiger partial charge on any atom is 0.303 e. The van der Waals surface area contributed by atoms with E-state index in [1.165, 1.54) is 0 Å². The fraction of sp³-hybridized carbons (Fsp3) is 0.375. The van der Waals surface area contributed by atoms with E-state index in [4.69, 9.17) is 5.11 Å². The quantitative estimate of drug-likeness (QED) is 0.652. The van der Waals surface area contributed by atoms with E-state index in [0.29, 0.717) is 5.39 Å². The lowest BCUT2D eigenvalue weighted by atomic mass is 10.1. The van der Waals surface area contributed by atoms with Crippen molar-refractivity contribution in [2.75, 3.05) is 11.9 Å². The lowest BCUT2D eigenvalue weighted by molar-refractivity contribution is -0.137. The summed E-state index contributed by atoms with van der Waals surface area (Å²) in [5.41, 5.74) is -0.0861. The lowest BCUT2D eigenvalue weighted by Gasteiger charge is -2.07. The number of hydrogen-bond acceptors (Lipinski definition) is 3. The fourth-order valence-corrected chi connectivity index (χ4v) is 2.28. The zero-order valence-corrected chi connectivity index (χ0v) is 11.9. The number of anilines is 1. The summed E-state index contributed by atoms with van der Waals surface area (Å²) in [5.74, 6) is -0.00824. The van der Waals surface area contributed by atoms with Crippen molar-refractivity contribution in [1.29, 1.82) is 0 Å². The standard InChI is InChI=1S/C16H20N2O3/c19-15(20)9-3-1-2-6-10-17-14-11-12-7-4-5-8-13(12)16(21)18-14/h4-5,7-8,11H,1-3,6,9-10H2,(H,19,20)(H2,17,18,21). The summed E-state index contributed by atoms with van der Waals surface area (Å²) in [7, 11) is 0. The molecule has 0 aliphatic rings. The van der Waals surface area contributed by atoms with Crippen LogP contribution in [0.4, 0.5) is 5.82 Å². The van der Waals surface area contributed by atoms with Crippen LogP contribution in [0.2, 0.25) is 0 Å². The van der Waals surface area contributed by atoms with E-state index in [-0.39, 0.29) is 12.0 Å². The zero-order valence-electron chi connectivity index (χ0n) is 11.9. The molecule has 0 spiro atoms. The van der Waals surface area contributed by atoms with Gasteiger partial charge in [0.2, 0.25) is 0 Å². The molecule has 1 heterocycles. The van der Waals surface area contributed by atoms with Crippen molar-refractivity contribution in [3.8, 4) is 0 Å². The van der Waals surface area contributed by atoms with E-state index in [1.807, 2.05) is 24.3 Å². The highest BCUT2D eigenvalue weighted by atomic mass is 16.4. The number of unbranched alkanes of at least 4 members (excludes halogenated alkanes) is 3. The number of pyridine rings is 1. The van der Waals surface area contributed by atoms with Gasteiger partial charge >= 0.3 is 5.97 Å². The molecule has 0 radical (unpaired) electrons. The topological polar surface area (TPSA) is 82.2 Å². The van der Waals surface area contributed by atoms with Gasteiger partial charge in [0.25, 0.3) is 5.56 Å². The Morgan fingerprint density at radius 2 is 1.90 bits per heavy atom. The molecule has 0 amide bonds. The van der Waals surface area contributed by atoms with Crippen LogP contribution in [0.25, 0.3) is 10.8 Å².